The molecule has 0 aromatic heterocycles. The van der Waals surface area contributed by atoms with Crippen LogP contribution in [-0.2, 0) is 19.1 Å². The molecule has 0 radical (unpaired) electrons. The molecule has 0 aromatic carbocycles. The molecule has 6 nitrogen and oxygen atoms in total. The van der Waals surface area contributed by atoms with Crippen LogP contribution in [-0.4, -0.2) is 56.4 Å². The number of amides is 1. The van der Waals surface area contributed by atoms with E-state index < -0.39 is 12.5 Å². The van der Waals surface area contributed by atoms with Crippen molar-refractivity contribution in [3.63, 3.8) is 0 Å². The zero-order chi connectivity index (χ0) is 12.2. The second-order valence-corrected chi connectivity index (χ2v) is 3.18. The molecule has 94 valence electrons. The van der Waals surface area contributed by atoms with Gasteiger partial charge in [0, 0.05) is 13.0 Å². The summed E-state index contributed by atoms with van der Waals surface area (Å²) in [4.78, 5) is 21.1. The Morgan fingerprint density at radius 3 is 2.31 bits per heavy atom. The number of aliphatic hydroxyl groups is 1. The second kappa shape index (κ2) is 10.5. The van der Waals surface area contributed by atoms with Crippen LogP contribution in [0.15, 0.2) is 0 Å². The smallest absolute Gasteiger partial charge is 0.245 e. The largest absolute Gasteiger partial charge is 0.387 e. The van der Waals surface area contributed by atoms with Crippen LogP contribution < -0.4 is 5.32 Å². The monoisotopic (exact) mass is 233 g/mol. The van der Waals surface area contributed by atoms with Gasteiger partial charge in [-0.05, 0) is 6.92 Å². The van der Waals surface area contributed by atoms with Gasteiger partial charge in [0.05, 0.1) is 26.4 Å². The maximum absolute atomic E-state index is 10.6. The molecule has 0 bridgehead atoms. The number of ketones is 1. The third kappa shape index (κ3) is 11.1. The molecule has 0 aromatic rings. The molecular weight excluding hydrogens is 214 g/mol. The summed E-state index contributed by atoms with van der Waals surface area (Å²) in [6, 6.07) is 0. The molecular formula is C10H19NO5. The minimum atomic E-state index is -0.506. The first-order valence-electron chi connectivity index (χ1n) is 5.19. The van der Waals surface area contributed by atoms with Crippen LogP contribution in [0.3, 0.4) is 0 Å². The molecule has 0 aliphatic carbocycles. The van der Waals surface area contributed by atoms with Crippen molar-refractivity contribution in [3.05, 3.63) is 0 Å². The number of hydrogen-bond donors (Lipinski definition) is 2. The highest BCUT2D eigenvalue weighted by Gasteiger charge is 1.96. The Bertz CT molecular complexity index is 207. The standard InChI is InChI=1S/C10H19NO5/c1-9(13)2-4-15-6-7-16-5-3-11-10(14)8-12/h12H,2-8H2,1H3,(H,11,14). The number of rotatable bonds is 10. The number of Topliss-reactive ketones (excluding diaryl/α,β-unsaturated/α-hetero) is 1. The van der Waals surface area contributed by atoms with E-state index in [9.17, 15) is 9.59 Å². The predicted octanol–water partition coefficient (Wildman–Crippen LogP) is -0.893. The van der Waals surface area contributed by atoms with E-state index in [0.717, 1.165) is 0 Å². The number of hydrogen-bond acceptors (Lipinski definition) is 5. The van der Waals surface area contributed by atoms with Gasteiger partial charge in [-0.25, -0.2) is 0 Å². The van der Waals surface area contributed by atoms with E-state index in [1.54, 1.807) is 0 Å². The first kappa shape index (κ1) is 15.0. The third-order valence-corrected chi connectivity index (χ3v) is 1.68. The Balaban J connectivity index is 3.04. The van der Waals surface area contributed by atoms with E-state index in [0.29, 0.717) is 39.4 Å². The van der Waals surface area contributed by atoms with Crippen LogP contribution in [0.25, 0.3) is 0 Å². The predicted molar refractivity (Wildman–Crippen MR) is 57.0 cm³/mol. The van der Waals surface area contributed by atoms with Crippen molar-refractivity contribution >= 4 is 11.7 Å². The lowest BCUT2D eigenvalue weighted by Crippen LogP contribution is -2.29. The van der Waals surface area contributed by atoms with Crippen molar-refractivity contribution in [2.45, 2.75) is 13.3 Å². The molecule has 0 aliphatic heterocycles. The van der Waals surface area contributed by atoms with Gasteiger partial charge in [0.1, 0.15) is 12.4 Å². The zero-order valence-electron chi connectivity index (χ0n) is 9.53. The summed E-state index contributed by atoms with van der Waals surface area (Å²) in [5.41, 5.74) is 0. The molecule has 0 spiro atoms. The van der Waals surface area contributed by atoms with Crippen LogP contribution >= 0.6 is 0 Å². The summed E-state index contributed by atoms with van der Waals surface area (Å²) in [5.74, 6) is -0.311. The summed E-state index contributed by atoms with van der Waals surface area (Å²) in [5, 5.41) is 10.8. The van der Waals surface area contributed by atoms with E-state index in [1.807, 2.05) is 0 Å². The van der Waals surface area contributed by atoms with Crippen molar-refractivity contribution in [1.29, 1.82) is 0 Å². The normalized spacial score (nSPS) is 10.1. The van der Waals surface area contributed by atoms with Crippen LogP contribution in [0.4, 0.5) is 0 Å². The average molecular weight is 233 g/mol. The molecule has 0 aliphatic rings. The molecule has 1 amide bonds. The molecule has 0 saturated heterocycles. The fourth-order valence-corrected chi connectivity index (χ4v) is 0.856. The minimum absolute atomic E-state index is 0.104. The van der Waals surface area contributed by atoms with Crippen molar-refractivity contribution in [2.75, 3.05) is 39.6 Å². The summed E-state index contributed by atoms with van der Waals surface area (Å²) in [6.45, 7) is 3.03. The Morgan fingerprint density at radius 2 is 1.75 bits per heavy atom. The Labute approximate surface area is 94.9 Å². The number of carbonyl (C=O) groups is 2. The highest BCUT2D eigenvalue weighted by atomic mass is 16.5. The maximum atomic E-state index is 10.6. The van der Waals surface area contributed by atoms with E-state index >= 15 is 0 Å². The van der Waals surface area contributed by atoms with E-state index in [-0.39, 0.29) is 5.78 Å². The molecule has 6 heteroatoms. The SMILES string of the molecule is CC(=O)CCOCCOCCNC(=O)CO. The number of carbonyl (C=O) groups excluding carboxylic acids is 2. The third-order valence-electron chi connectivity index (χ3n) is 1.68. The maximum Gasteiger partial charge on any atom is 0.245 e. The van der Waals surface area contributed by atoms with Crippen LogP contribution in [0.1, 0.15) is 13.3 Å². The van der Waals surface area contributed by atoms with Crippen molar-refractivity contribution in [1.82, 2.24) is 5.32 Å². The molecule has 0 saturated carbocycles. The topological polar surface area (TPSA) is 84.9 Å². The average Bonchev–Trinajstić information content (AvgIpc) is 2.26. The van der Waals surface area contributed by atoms with Gasteiger partial charge < -0.3 is 19.9 Å². The van der Waals surface area contributed by atoms with Crippen LogP contribution in [0.5, 0.6) is 0 Å². The minimum Gasteiger partial charge on any atom is -0.387 e. The number of ether oxygens (including phenoxy) is 2. The first-order chi connectivity index (χ1) is 7.66. The van der Waals surface area contributed by atoms with Crippen molar-refractivity contribution < 1.29 is 24.2 Å². The van der Waals surface area contributed by atoms with Gasteiger partial charge >= 0.3 is 0 Å². The molecule has 16 heavy (non-hydrogen) atoms. The quantitative estimate of drug-likeness (QED) is 0.478. The van der Waals surface area contributed by atoms with Crippen molar-refractivity contribution in [3.8, 4) is 0 Å². The van der Waals surface area contributed by atoms with Gasteiger partial charge in [-0.1, -0.05) is 0 Å². The Kier molecular flexibility index (Phi) is 9.89. The van der Waals surface area contributed by atoms with Gasteiger partial charge in [-0.15, -0.1) is 0 Å². The lowest BCUT2D eigenvalue weighted by atomic mass is 10.3. The summed E-state index contributed by atoms with van der Waals surface area (Å²) in [7, 11) is 0. The number of aliphatic hydroxyl groups excluding tert-OH is 1. The highest BCUT2D eigenvalue weighted by molar-refractivity contribution is 5.76. The van der Waals surface area contributed by atoms with Gasteiger partial charge in [-0.3, -0.25) is 9.59 Å². The Hall–Kier alpha value is -0.980. The van der Waals surface area contributed by atoms with Crippen molar-refractivity contribution in [2.24, 2.45) is 0 Å². The summed E-state index contributed by atoms with van der Waals surface area (Å²) >= 11 is 0. The molecule has 0 fully saturated rings. The Morgan fingerprint density at radius 1 is 1.12 bits per heavy atom. The summed E-state index contributed by atoms with van der Waals surface area (Å²) < 4.78 is 10.2. The second-order valence-electron chi connectivity index (χ2n) is 3.18. The van der Waals surface area contributed by atoms with Gasteiger partial charge in [0.15, 0.2) is 0 Å². The summed E-state index contributed by atoms with van der Waals surface area (Å²) in [6.07, 6.45) is 0.423. The highest BCUT2D eigenvalue weighted by Crippen LogP contribution is 1.84. The molecule has 0 heterocycles. The molecule has 0 rings (SSSR count). The van der Waals surface area contributed by atoms with E-state index in [4.69, 9.17) is 14.6 Å². The van der Waals surface area contributed by atoms with Gasteiger partial charge in [0.2, 0.25) is 5.91 Å². The molecule has 2 N–H and O–H groups in total. The lowest BCUT2D eigenvalue weighted by Gasteiger charge is -2.05. The van der Waals surface area contributed by atoms with E-state index in [1.165, 1.54) is 6.92 Å². The first-order valence-corrected chi connectivity index (χ1v) is 5.19. The lowest BCUT2D eigenvalue weighted by molar-refractivity contribution is -0.124. The van der Waals surface area contributed by atoms with Crippen LogP contribution in [0.2, 0.25) is 0 Å². The fraction of sp³-hybridized carbons (Fsp3) is 0.800. The fourth-order valence-electron chi connectivity index (χ4n) is 0.856. The number of nitrogens with one attached hydrogen (secondary N) is 1. The van der Waals surface area contributed by atoms with Crippen LogP contribution in [0, 0.1) is 0 Å². The molecule has 0 unspecified atom stereocenters. The van der Waals surface area contributed by atoms with E-state index in [2.05, 4.69) is 5.32 Å². The van der Waals surface area contributed by atoms with Gasteiger partial charge in [0.25, 0.3) is 0 Å². The molecule has 0 atom stereocenters. The van der Waals surface area contributed by atoms with Gasteiger partial charge in [-0.2, -0.15) is 0 Å². The zero-order valence-corrected chi connectivity index (χ0v) is 9.53.